The number of carbonyl (C=O) groups is 3. The summed E-state index contributed by atoms with van der Waals surface area (Å²) in [7, 11) is -3.44. The summed E-state index contributed by atoms with van der Waals surface area (Å²) in [6.45, 7) is 1.47. The van der Waals surface area contributed by atoms with E-state index in [0.717, 1.165) is 12.8 Å². The topological polar surface area (TPSA) is 130 Å². The average molecular weight is 370 g/mol. The Hall–Kier alpha value is -2.42. The summed E-state index contributed by atoms with van der Waals surface area (Å²) < 4.78 is 23.6. The van der Waals surface area contributed by atoms with Crippen LogP contribution in [0.5, 0.6) is 0 Å². The van der Waals surface area contributed by atoms with Gasteiger partial charge in [-0.15, -0.1) is 0 Å². The number of hydrogen-bond donors (Lipinski definition) is 3. The molecule has 8 nitrogen and oxygen atoms in total. The zero-order valence-electron chi connectivity index (χ0n) is 13.9. The zero-order valence-corrected chi connectivity index (χ0v) is 14.8. The first-order valence-corrected chi connectivity index (χ1v) is 9.66. The molecule has 0 radical (unpaired) electrons. The molecule has 138 valence electrons. The molecule has 0 saturated carbocycles. The van der Waals surface area contributed by atoms with Gasteiger partial charge in [-0.1, -0.05) is 19.8 Å². The zero-order chi connectivity index (χ0) is 18.9. The molecule has 3 N–H and O–H groups in total. The molecule has 0 aliphatic heterocycles. The van der Waals surface area contributed by atoms with Crippen molar-refractivity contribution < 1.29 is 27.9 Å². The molecular weight excluding hydrogens is 348 g/mol. The second-order valence-corrected chi connectivity index (χ2v) is 7.69. The maximum absolute atomic E-state index is 11.8. The van der Waals surface area contributed by atoms with Crippen LogP contribution in [0.2, 0.25) is 0 Å². The fraction of sp³-hybridized carbons (Fsp3) is 0.438. The predicted octanol–water partition coefficient (Wildman–Crippen LogP) is 1.04. The molecule has 0 unspecified atom stereocenters. The lowest BCUT2D eigenvalue weighted by molar-refractivity contribution is -0.135. The van der Waals surface area contributed by atoms with E-state index in [1.807, 2.05) is 6.92 Å². The van der Waals surface area contributed by atoms with E-state index in [1.165, 1.54) is 24.3 Å². The van der Waals surface area contributed by atoms with Gasteiger partial charge < -0.3 is 15.7 Å². The normalized spacial score (nSPS) is 10.9. The predicted molar refractivity (Wildman–Crippen MR) is 93.2 cm³/mol. The van der Waals surface area contributed by atoms with Crippen molar-refractivity contribution in [2.24, 2.45) is 0 Å². The first-order chi connectivity index (χ1) is 11.7. The number of carboxylic acids is 1. The largest absolute Gasteiger partial charge is 0.480 e. The molecule has 1 rings (SSSR count). The van der Waals surface area contributed by atoms with Crippen LogP contribution in [0, 0.1) is 0 Å². The lowest BCUT2D eigenvalue weighted by Gasteiger charge is -2.07. The molecule has 0 fully saturated rings. The van der Waals surface area contributed by atoms with Crippen molar-refractivity contribution in [3.63, 3.8) is 0 Å². The third kappa shape index (κ3) is 8.30. The van der Waals surface area contributed by atoms with Crippen LogP contribution < -0.4 is 10.6 Å². The molecule has 0 bridgehead atoms. The molecule has 0 aromatic heterocycles. The number of nitrogens with one attached hydrogen (secondary N) is 2. The lowest BCUT2D eigenvalue weighted by atomic mass is 10.2. The van der Waals surface area contributed by atoms with E-state index in [2.05, 4.69) is 10.6 Å². The first kappa shape index (κ1) is 20.6. The number of aliphatic carboxylic acids is 1. The summed E-state index contributed by atoms with van der Waals surface area (Å²) in [4.78, 5) is 33.9. The van der Waals surface area contributed by atoms with Gasteiger partial charge in [0.1, 0.15) is 12.3 Å². The summed E-state index contributed by atoms with van der Waals surface area (Å²) in [5, 5.41) is 13.2. The maximum Gasteiger partial charge on any atom is 0.322 e. The van der Waals surface area contributed by atoms with Crippen LogP contribution in [0.4, 0.5) is 5.69 Å². The van der Waals surface area contributed by atoms with Gasteiger partial charge in [0.25, 0.3) is 5.91 Å². The third-order valence-corrected chi connectivity index (χ3v) is 4.85. The van der Waals surface area contributed by atoms with Gasteiger partial charge in [-0.2, -0.15) is 0 Å². The smallest absolute Gasteiger partial charge is 0.322 e. The van der Waals surface area contributed by atoms with Crippen LogP contribution >= 0.6 is 0 Å². The highest BCUT2D eigenvalue weighted by Crippen LogP contribution is 2.10. The number of carboxylic acid groups (broad SMARTS) is 1. The van der Waals surface area contributed by atoms with Crippen molar-refractivity contribution in [3.8, 4) is 0 Å². The number of rotatable bonds is 10. The van der Waals surface area contributed by atoms with Gasteiger partial charge in [-0.3, -0.25) is 14.4 Å². The minimum absolute atomic E-state index is 0.0169. The number of carbonyl (C=O) groups excluding carboxylic acids is 2. The molecule has 0 saturated heterocycles. The van der Waals surface area contributed by atoms with Gasteiger partial charge in [-0.25, -0.2) is 8.42 Å². The number of amides is 2. The standard InChI is InChI=1S/C16H22N2O6S/c1-2-3-4-9-25(23,24)11-14(19)18-13-7-5-12(6-8-13)16(22)17-10-15(20)21/h5-8H,2-4,9-11H2,1H3,(H,17,22)(H,18,19)(H,20,21). The van der Waals surface area contributed by atoms with Gasteiger partial charge in [0.05, 0.1) is 5.75 Å². The molecule has 25 heavy (non-hydrogen) atoms. The van der Waals surface area contributed by atoms with Gasteiger partial charge in [-0.05, 0) is 30.7 Å². The van der Waals surface area contributed by atoms with E-state index < -0.39 is 39.9 Å². The quantitative estimate of drug-likeness (QED) is 0.528. The molecular formula is C16H22N2O6S. The third-order valence-electron chi connectivity index (χ3n) is 3.24. The maximum atomic E-state index is 11.8. The summed E-state index contributed by atoms with van der Waals surface area (Å²) in [6, 6.07) is 5.69. The number of hydrogen-bond acceptors (Lipinski definition) is 5. The van der Waals surface area contributed by atoms with Gasteiger partial charge in [0.2, 0.25) is 5.91 Å². The highest BCUT2D eigenvalue weighted by molar-refractivity contribution is 7.92. The van der Waals surface area contributed by atoms with Crippen molar-refractivity contribution in [3.05, 3.63) is 29.8 Å². The van der Waals surface area contributed by atoms with Crippen molar-refractivity contribution in [1.29, 1.82) is 0 Å². The second kappa shape index (κ2) is 9.77. The summed E-state index contributed by atoms with van der Waals surface area (Å²) in [6.07, 6.45) is 2.23. The Morgan fingerprint density at radius 2 is 1.72 bits per heavy atom. The van der Waals surface area contributed by atoms with Gasteiger partial charge >= 0.3 is 5.97 Å². The molecule has 0 spiro atoms. The second-order valence-electron chi connectivity index (χ2n) is 5.50. The van der Waals surface area contributed by atoms with Crippen LogP contribution in [0.1, 0.15) is 36.5 Å². The SMILES string of the molecule is CCCCCS(=O)(=O)CC(=O)Nc1ccc(C(=O)NCC(=O)O)cc1. The van der Waals surface area contributed by atoms with Crippen LogP contribution in [-0.4, -0.2) is 49.4 Å². The molecule has 1 aromatic carbocycles. The Bertz CT molecular complexity index is 713. The summed E-state index contributed by atoms with van der Waals surface area (Å²) >= 11 is 0. The van der Waals surface area contributed by atoms with E-state index in [1.54, 1.807) is 0 Å². The fourth-order valence-corrected chi connectivity index (χ4v) is 3.26. The highest BCUT2D eigenvalue weighted by Gasteiger charge is 2.16. The Morgan fingerprint density at radius 3 is 2.28 bits per heavy atom. The first-order valence-electron chi connectivity index (χ1n) is 7.84. The van der Waals surface area contributed by atoms with E-state index >= 15 is 0 Å². The highest BCUT2D eigenvalue weighted by atomic mass is 32.2. The average Bonchev–Trinajstić information content (AvgIpc) is 2.52. The fourth-order valence-electron chi connectivity index (χ4n) is 2.00. The van der Waals surface area contributed by atoms with Crippen LogP contribution in [0.25, 0.3) is 0 Å². The minimum Gasteiger partial charge on any atom is -0.480 e. The van der Waals surface area contributed by atoms with E-state index in [-0.39, 0.29) is 11.3 Å². The van der Waals surface area contributed by atoms with Gasteiger partial charge in [0.15, 0.2) is 9.84 Å². The molecule has 0 aliphatic rings. The number of anilines is 1. The number of unbranched alkanes of at least 4 members (excludes halogenated alkanes) is 2. The Labute approximate surface area is 146 Å². The Balaban J connectivity index is 2.55. The van der Waals surface area contributed by atoms with Crippen molar-refractivity contribution in [2.75, 3.05) is 23.4 Å². The van der Waals surface area contributed by atoms with Crippen LogP contribution in [0.15, 0.2) is 24.3 Å². The van der Waals surface area contributed by atoms with Crippen LogP contribution in [0.3, 0.4) is 0 Å². The van der Waals surface area contributed by atoms with Crippen molar-refractivity contribution >= 4 is 33.3 Å². The van der Waals surface area contributed by atoms with E-state index in [9.17, 15) is 22.8 Å². The van der Waals surface area contributed by atoms with E-state index in [4.69, 9.17) is 5.11 Å². The molecule has 0 aliphatic carbocycles. The van der Waals surface area contributed by atoms with Crippen LogP contribution in [-0.2, 0) is 19.4 Å². The minimum atomic E-state index is -3.44. The van der Waals surface area contributed by atoms with Gasteiger partial charge in [0, 0.05) is 11.3 Å². The lowest BCUT2D eigenvalue weighted by Crippen LogP contribution is -2.29. The monoisotopic (exact) mass is 370 g/mol. The Kier molecular flexibility index (Phi) is 8.06. The molecule has 0 heterocycles. The van der Waals surface area contributed by atoms with E-state index in [0.29, 0.717) is 12.1 Å². The summed E-state index contributed by atoms with van der Waals surface area (Å²) in [5.41, 5.74) is 0.579. The molecule has 2 amide bonds. The molecule has 1 aromatic rings. The summed E-state index contributed by atoms with van der Waals surface area (Å²) in [5.74, 6) is -2.95. The molecule has 0 atom stereocenters. The Morgan fingerprint density at radius 1 is 1.08 bits per heavy atom. The number of benzene rings is 1. The molecule has 9 heteroatoms. The van der Waals surface area contributed by atoms with Crippen molar-refractivity contribution in [2.45, 2.75) is 26.2 Å². The van der Waals surface area contributed by atoms with Crippen molar-refractivity contribution in [1.82, 2.24) is 5.32 Å². The number of sulfone groups is 1.